The molecule has 0 fully saturated rings. The molecule has 0 unspecified atom stereocenters. The predicted molar refractivity (Wildman–Crippen MR) is 139 cm³/mol. The molecule has 0 aliphatic heterocycles. The van der Waals surface area contributed by atoms with Gasteiger partial charge in [0, 0.05) is 5.56 Å². The first-order valence-electron chi connectivity index (χ1n) is 10.9. The largest absolute Gasteiger partial charge is 0.345 e. The number of carbonyl (C=O) groups is 2. The van der Waals surface area contributed by atoms with Gasteiger partial charge in [0.15, 0.2) is 0 Å². The SMILES string of the molecule is Cc1ccccc1C(=O)Nc1nnc(S(=O)(=O)Nc2ccccc2C(=O)N[C@@H](C)c2ccccc2)s1. The zero-order valence-electron chi connectivity index (χ0n) is 19.4. The summed E-state index contributed by atoms with van der Waals surface area (Å²) in [5.41, 5.74) is 2.38. The van der Waals surface area contributed by atoms with Gasteiger partial charge in [-0.25, -0.2) is 0 Å². The maximum Gasteiger partial charge on any atom is 0.291 e. The van der Waals surface area contributed by atoms with E-state index in [2.05, 4.69) is 25.6 Å². The zero-order valence-corrected chi connectivity index (χ0v) is 21.1. The monoisotopic (exact) mass is 521 g/mol. The van der Waals surface area contributed by atoms with E-state index in [4.69, 9.17) is 0 Å². The van der Waals surface area contributed by atoms with Gasteiger partial charge in [-0.3, -0.25) is 19.6 Å². The number of carbonyl (C=O) groups excluding carboxylic acids is 2. The molecular weight excluding hydrogens is 498 g/mol. The Hall–Kier alpha value is -4.09. The van der Waals surface area contributed by atoms with E-state index in [0.717, 1.165) is 11.1 Å². The fraction of sp³-hybridized carbons (Fsp3) is 0.120. The Morgan fingerprint density at radius 3 is 2.19 bits per heavy atom. The highest BCUT2D eigenvalue weighted by atomic mass is 32.2. The smallest absolute Gasteiger partial charge is 0.291 e. The lowest BCUT2D eigenvalue weighted by Crippen LogP contribution is -2.28. The number of hydrogen-bond donors (Lipinski definition) is 3. The molecule has 36 heavy (non-hydrogen) atoms. The summed E-state index contributed by atoms with van der Waals surface area (Å²) in [5.74, 6) is -0.858. The molecule has 2 amide bonds. The number of anilines is 2. The van der Waals surface area contributed by atoms with E-state index in [9.17, 15) is 18.0 Å². The molecule has 0 saturated heterocycles. The van der Waals surface area contributed by atoms with Crippen LogP contribution in [-0.4, -0.2) is 30.4 Å². The Morgan fingerprint density at radius 1 is 0.833 bits per heavy atom. The number of amides is 2. The van der Waals surface area contributed by atoms with Crippen LogP contribution in [0.4, 0.5) is 10.8 Å². The first-order chi connectivity index (χ1) is 17.2. The van der Waals surface area contributed by atoms with Crippen molar-refractivity contribution in [3.8, 4) is 0 Å². The van der Waals surface area contributed by atoms with Gasteiger partial charge in [0.25, 0.3) is 26.2 Å². The van der Waals surface area contributed by atoms with Crippen molar-refractivity contribution in [2.24, 2.45) is 0 Å². The van der Waals surface area contributed by atoms with E-state index < -0.39 is 21.8 Å². The topological polar surface area (TPSA) is 130 Å². The molecular formula is C25H23N5O4S2. The summed E-state index contributed by atoms with van der Waals surface area (Å²) >= 11 is 0.705. The third-order valence-electron chi connectivity index (χ3n) is 5.31. The second-order valence-corrected chi connectivity index (χ2v) is 10.7. The summed E-state index contributed by atoms with van der Waals surface area (Å²) in [6, 6.07) is 22.4. The fourth-order valence-corrected chi connectivity index (χ4v) is 5.40. The van der Waals surface area contributed by atoms with E-state index in [1.165, 1.54) is 12.1 Å². The molecule has 0 spiro atoms. The zero-order chi connectivity index (χ0) is 25.7. The Bertz CT molecular complexity index is 1500. The number of para-hydroxylation sites is 1. The molecule has 9 nitrogen and oxygen atoms in total. The van der Waals surface area contributed by atoms with Crippen LogP contribution in [0.25, 0.3) is 0 Å². The number of rotatable bonds is 8. The van der Waals surface area contributed by atoms with E-state index in [1.807, 2.05) is 43.3 Å². The second kappa shape index (κ2) is 10.7. The van der Waals surface area contributed by atoms with Crippen LogP contribution in [0.1, 0.15) is 44.8 Å². The van der Waals surface area contributed by atoms with Gasteiger partial charge in [0.05, 0.1) is 17.3 Å². The van der Waals surface area contributed by atoms with Crippen molar-refractivity contribution in [1.29, 1.82) is 0 Å². The summed E-state index contributed by atoms with van der Waals surface area (Å²) in [6.45, 7) is 3.64. The Kier molecular flexibility index (Phi) is 7.41. The lowest BCUT2D eigenvalue weighted by Gasteiger charge is -2.16. The van der Waals surface area contributed by atoms with E-state index >= 15 is 0 Å². The average molecular weight is 522 g/mol. The van der Waals surface area contributed by atoms with Crippen molar-refractivity contribution >= 4 is 44.0 Å². The summed E-state index contributed by atoms with van der Waals surface area (Å²) in [4.78, 5) is 25.5. The minimum Gasteiger partial charge on any atom is -0.345 e. The van der Waals surface area contributed by atoms with Gasteiger partial charge >= 0.3 is 0 Å². The Labute approximate surface area is 212 Å². The number of hydrogen-bond acceptors (Lipinski definition) is 7. The van der Waals surface area contributed by atoms with Crippen LogP contribution in [0.3, 0.4) is 0 Å². The quantitative estimate of drug-likeness (QED) is 0.295. The molecule has 0 radical (unpaired) electrons. The van der Waals surface area contributed by atoms with Gasteiger partial charge in [0.2, 0.25) is 5.13 Å². The highest BCUT2D eigenvalue weighted by Gasteiger charge is 2.24. The maximum absolute atomic E-state index is 13.0. The molecule has 11 heteroatoms. The van der Waals surface area contributed by atoms with Crippen LogP contribution in [0, 0.1) is 6.92 Å². The summed E-state index contributed by atoms with van der Waals surface area (Å²) in [5, 5.41) is 13.0. The maximum atomic E-state index is 13.0. The minimum atomic E-state index is -4.17. The van der Waals surface area contributed by atoms with Crippen molar-refractivity contribution in [1.82, 2.24) is 15.5 Å². The van der Waals surface area contributed by atoms with Crippen LogP contribution in [-0.2, 0) is 10.0 Å². The Morgan fingerprint density at radius 2 is 1.47 bits per heavy atom. The summed E-state index contributed by atoms with van der Waals surface area (Å²) < 4.78 is 28.1. The molecule has 1 aromatic heterocycles. The molecule has 3 aromatic carbocycles. The van der Waals surface area contributed by atoms with E-state index in [1.54, 1.807) is 37.3 Å². The van der Waals surface area contributed by atoms with Gasteiger partial charge in [-0.1, -0.05) is 72.0 Å². The highest BCUT2D eigenvalue weighted by molar-refractivity contribution is 7.94. The molecule has 184 valence electrons. The number of aromatic nitrogens is 2. The third-order valence-corrected chi connectivity index (χ3v) is 7.88. The number of aryl methyl sites for hydroxylation is 1. The van der Waals surface area contributed by atoms with Crippen molar-refractivity contribution in [2.75, 3.05) is 10.0 Å². The first-order valence-corrected chi connectivity index (χ1v) is 13.2. The number of sulfonamides is 1. The van der Waals surface area contributed by atoms with Crippen molar-refractivity contribution in [2.45, 2.75) is 24.2 Å². The molecule has 0 saturated carbocycles. The standard InChI is InChI=1S/C25H23N5O4S2/c1-16-10-6-7-13-19(16)22(31)27-24-28-29-25(35-24)36(33,34)30-21-15-9-8-14-20(21)23(32)26-17(2)18-11-4-3-5-12-18/h3-15,17,30H,1-2H3,(H,26,32)(H,27,28,31)/t17-/m0/s1. The van der Waals surface area contributed by atoms with Crippen molar-refractivity contribution in [3.05, 3.63) is 101 Å². The van der Waals surface area contributed by atoms with Gasteiger partial charge in [-0.2, -0.15) is 8.42 Å². The van der Waals surface area contributed by atoms with Crippen LogP contribution in [0.15, 0.2) is 83.2 Å². The average Bonchev–Trinajstić information content (AvgIpc) is 3.34. The predicted octanol–water partition coefficient (Wildman–Crippen LogP) is 4.39. The normalized spacial score (nSPS) is 11.9. The highest BCUT2D eigenvalue weighted by Crippen LogP contribution is 2.25. The first kappa shape index (κ1) is 25.0. The molecule has 4 rings (SSSR count). The lowest BCUT2D eigenvalue weighted by atomic mass is 10.1. The second-order valence-electron chi connectivity index (χ2n) is 7.90. The van der Waals surface area contributed by atoms with Crippen LogP contribution in [0.2, 0.25) is 0 Å². The molecule has 0 aliphatic carbocycles. The van der Waals surface area contributed by atoms with Crippen molar-refractivity contribution in [3.63, 3.8) is 0 Å². The van der Waals surface area contributed by atoms with Gasteiger partial charge in [0.1, 0.15) is 0 Å². The minimum absolute atomic E-state index is 0.0337. The van der Waals surface area contributed by atoms with E-state index in [0.29, 0.717) is 16.9 Å². The molecule has 0 bridgehead atoms. The Balaban J connectivity index is 1.49. The van der Waals surface area contributed by atoms with Crippen LogP contribution in [0.5, 0.6) is 0 Å². The molecule has 4 aromatic rings. The van der Waals surface area contributed by atoms with Crippen LogP contribution < -0.4 is 15.4 Å². The van der Waals surface area contributed by atoms with Crippen molar-refractivity contribution < 1.29 is 18.0 Å². The number of nitrogens with zero attached hydrogens (tertiary/aromatic N) is 2. The summed E-state index contributed by atoms with van der Waals surface area (Å²) in [7, 11) is -4.17. The summed E-state index contributed by atoms with van der Waals surface area (Å²) in [6.07, 6.45) is 0. The number of benzene rings is 3. The van der Waals surface area contributed by atoms with Crippen LogP contribution >= 0.6 is 11.3 Å². The lowest BCUT2D eigenvalue weighted by molar-refractivity contribution is 0.0940. The van der Waals surface area contributed by atoms with Gasteiger partial charge in [-0.05, 0) is 43.2 Å². The van der Waals surface area contributed by atoms with E-state index in [-0.39, 0.29) is 26.8 Å². The van der Waals surface area contributed by atoms with Gasteiger partial charge < -0.3 is 5.32 Å². The molecule has 0 aliphatic rings. The van der Waals surface area contributed by atoms with Gasteiger partial charge in [-0.15, -0.1) is 10.2 Å². The third kappa shape index (κ3) is 5.75. The fourth-order valence-electron chi connectivity index (χ4n) is 3.42. The number of nitrogens with one attached hydrogen (secondary N) is 3. The molecule has 1 heterocycles. The molecule has 1 atom stereocenters. The molecule has 3 N–H and O–H groups in total.